The number of fused-ring (bicyclic) bond motifs is 1. The highest BCUT2D eigenvalue weighted by molar-refractivity contribution is 6.22. The second kappa shape index (κ2) is 9.82. The summed E-state index contributed by atoms with van der Waals surface area (Å²) >= 11 is 0. The van der Waals surface area contributed by atoms with Gasteiger partial charge >= 0.3 is 0 Å². The van der Waals surface area contributed by atoms with Gasteiger partial charge in [-0.1, -0.05) is 18.2 Å². The average Bonchev–Trinajstić information content (AvgIpc) is 3.51. The highest BCUT2D eigenvalue weighted by Crippen LogP contribution is 2.27. The minimum Gasteiger partial charge on any atom is -0.497 e. The van der Waals surface area contributed by atoms with Gasteiger partial charge in [0.15, 0.2) is 0 Å². The molecule has 0 saturated carbocycles. The molecule has 0 aliphatic carbocycles. The van der Waals surface area contributed by atoms with Gasteiger partial charge in [0, 0.05) is 17.3 Å². The molecular formula is C28H21N3O6. The van der Waals surface area contributed by atoms with Gasteiger partial charge in [0.25, 0.3) is 23.6 Å². The van der Waals surface area contributed by atoms with Crippen molar-refractivity contribution in [2.24, 2.45) is 0 Å². The largest absolute Gasteiger partial charge is 0.497 e. The molecule has 9 nitrogen and oxygen atoms in total. The third kappa shape index (κ3) is 4.70. The summed E-state index contributed by atoms with van der Waals surface area (Å²) < 4.78 is 10.4. The van der Waals surface area contributed by atoms with Crippen LogP contribution in [-0.2, 0) is 6.54 Å². The van der Waals surface area contributed by atoms with Crippen LogP contribution in [0.5, 0.6) is 5.75 Å². The number of para-hydroxylation sites is 1. The van der Waals surface area contributed by atoms with Crippen molar-refractivity contribution in [3.05, 3.63) is 113 Å². The number of anilines is 2. The van der Waals surface area contributed by atoms with Crippen molar-refractivity contribution >= 4 is 35.0 Å². The lowest BCUT2D eigenvalue weighted by Gasteiger charge is -2.12. The van der Waals surface area contributed by atoms with Gasteiger partial charge in [0.2, 0.25) is 0 Å². The van der Waals surface area contributed by atoms with Crippen LogP contribution < -0.4 is 15.4 Å². The maximum Gasteiger partial charge on any atom is 0.261 e. The summed E-state index contributed by atoms with van der Waals surface area (Å²) in [5.74, 6) is -0.864. The molecule has 184 valence electrons. The van der Waals surface area contributed by atoms with Gasteiger partial charge in [-0.3, -0.25) is 24.1 Å². The minimum atomic E-state index is -0.533. The highest BCUT2D eigenvalue weighted by Gasteiger charge is 2.36. The Bertz CT molecular complexity index is 1530. The van der Waals surface area contributed by atoms with Crippen LogP contribution in [0.15, 0.2) is 89.5 Å². The summed E-state index contributed by atoms with van der Waals surface area (Å²) in [5, 5.41) is 5.52. The van der Waals surface area contributed by atoms with Crippen molar-refractivity contribution in [2.45, 2.75) is 6.54 Å². The summed E-state index contributed by atoms with van der Waals surface area (Å²) in [7, 11) is 1.53. The van der Waals surface area contributed by atoms with Crippen LogP contribution in [-0.4, -0.2) is 35.6 Å². The second-order valence-corrected chi connectivity index (χ2v) is 8.22. The van der Waals surface area contributed by atoms with E-state index in [4.69, 9.17) is 9.15 Å². The van der Waals surface area contributed by atoms with Crippen LogP contribution in [0.3, 0.4) is 0 Å². The number of imide groups is 1. The number of ether oxygens (including phenoxy) is 1. The number of nitrogens with one attached hydrogen (secondary N) is 2. The monoisotopic (exact) mass is 495 g/mol. The second-order valence-electron chi connectivity index (χ2n) is 8.22. The standard InChI is InChI=1S/C28H21N3O6/c1-36-19-7-4-6-18(15-19)29-26(33)22-9-2-3-10-24(22)30-25(32)17-11-12-21-23(14-17)28(35)31(27(21)34)16-20-8-5-13-37-20/h2-15H,16H2,1H3,(H,29,33)(H,30,32). The molecule has 0 fully saturated rings. The molecule has 1 aliphatic heterocycles. The summed E-state index contributed by atoms with van der Waals surface area (Å²) in [6.45, 7) is -0.00332. The minimum absolute atomic E-state index is 0.00332. The lowest BCUT2D eigenvalue weighted by Crippen LogP contribution is -2.28. The van der Waals surface area contributed by atoms with E-state index >= 15 is 0 Å². The molecule has 0 radical (unpaired) electrons. The summed E-state index contributed by atoms with van der Waals surface area (Å²) in [5.41, 5.74) is 1.58. The Kier molecular flexibility index (Phi) is 6.25. The fraction of sp³-hybridized carbons (Fsp3) is 0.0714. The zero-order chi connectivity index (χ0) is 25.9. The van der Waals surface area contributed by atoms with E-state index in [1.807, 2.05) is 0 Å². The highest BCUT2D eigenvalue weighted by atomic mass is 16.5. The van der Waals surface area contributed by atoms with Crippen LogP contribution in [0.25, 0.3) is 0 Å². The fourth-order valence-electron chi connectivity index (χ4n) is 4.02. The smallest absolute Gasteiger partial charge is 0.261 e. The predicted octanol–water partition coefficient (Wildman–Crippen LogP) is 4.59. The number of amides is 4. The molecule has 1 aromatic heterocycles. The first-order valence-electron chi connectivity index (χ1n) is 11.3. The van der Waals surface area contributed by atoms with E-state index in [-0.39, 0.29) is 34.5 Å². The van der Waals surface area contributed by atoms with Crippen molar-refractivity contribution in [1.29, 1.82) is 0 Å². The van der Waals surface area contributed by atoms with Crippen molar-refractivity contribution < 1.29 is 28.3 Å². The number of carbonyl (C=O) groups is 4. The molecule has 4 amide bonds. The summed E-state index contributed by atoms with van der Waals surface area (Å²) in [6.07, 6.45) is 1.46. The Morgan fingerprint density at radius 2 is 1.65 bits per heavy atom. The molecule has 4 aromatic rings. The number of benzene rings is 3. The lowest BCUT2D eigenvalue weighted by atomic mass is 10.0. The number of hydrogen-bond donors (Lipinski definition) is 2. The number of methoxy groups -OCH3 is 1. The van der Waals surface area contributed by atoms with Crippen LogP contribution >= 0.6 is 0 Å². The van der Waals surface area contributed by atoms with Crippen LogP contribution in [0, 0.1) is 0 Å². The Hall–Kier alpha value is -5.18. The summed E-state index contributed by atoms with van der Waals surface area (Å²) in [6, 6.07) is 21.1. The molecule has 0 unspecified atom stereocenters. The quantitative estimate of drug-likeness (QED) is 0.362. The molecule has 37 heavy (non-hydrogen) atoms. The van der Waals surface area contributed by atoms with Gasteiger partial charge < -0.3 is 19.8 Å². The predicted molar refractivity (Wildman–Crippen MR) is 135 cm³/mol. The van der Waals surface area contributed by atoms with E-state index in [1.54, 1.807) is 60.7 Å². The molecule has 2 N–H and O–H groups in total. The first-order chi connectivity index (χ1) is 17.9. The van der Waals surface area contributed by atoms with E-state index in [9.17, 15) is 19.2 Å². The first kappa shape index (κ1) is 23.6. The number of furan rings is 1. The normalized spacial score (nSPS) is 12.3. The van der Waals surface area contributed by atoms with E-state index in [1.165, 1.54) is 31.6 Å². The third-order valence-electron chi connectivity index (χ3n) is 5.87. The van der Waals surface area contributed by atoms with E-state index in [0.29, 0.717) is 17.2 Å². The van der Waals surface area contributed by atoms with Gasteiger partial charge in [-0.15, -0.1) is 0 Å². The Morgan fingerprint density at radius 3 is 2.43 bits per heavy atom. The van der Waals surface area contributed by atoms with Gasteiger partial charge in [-0.25, -0.2) is 0 Å². The molecular weight excluding hydrogens is 474 g/mol. The Balaban J connectivity index is 1.34. The maximum absolute atomic E-state index is 13.1. The van der Waals surface area contributed by atoms with E-state index in [2.05, 4.69) is 10.6 Å². The van der Waals surface area contributed by atoms with Gasteiger partial charge in [-0.05, 0) is 54.6 Å². The van der Waals surface area contributed by atoms with Gasteiger partial charge in [0.05, 0.1) is 42.3 Å². The van der Waals surface area contributed by atoms with Crippen molar-refractivity contribution in [3.8, 4) is 5.75 Å². The topological polar surface area (TPSA) is 118 Å². The van der Waals surface area contributed by atoms with E-state index < -0.39 is 23.6 Å². The maximum atomic E-state index is 13.1. The zero-order valence-electron chi connectivity index (χ0n) is 19.7. The van der Waals surface area contributed by atoms with Gasteiger partial charge in [0.1, 0.15) is 11.5 Å². The molecule has 1 aliphatic rings. The van der Waals surface area contributed by atoms with Gasteiger partial charge in [-0.2, -0.15) is 0 Å². The zero-order valence-corrected chi connectivity index (χ0v) is 19.7. The van der Waals surface area contributed by atoms with Crippen LogP contribution in [0.4, 0.5) is 11.4 Å². The molecule has 0 saturated heterocycles. The van der Waals surface area contributed by atoms with Crippen molar-refractivity contribution in [3.63, 3.8) is 0 Å². The first-order valence-corrected chi connectivity index (χ1v) is 11.3. The Labute approximate surface area is 211 Å². The SMILES string of the molecule is COc1cccc(NC(=O)c2ccccc2NC(=O)c2ccc3c(c2)C(=O)N(Cc2ccco2)C3=O)c1. The number of nitrogens with zero attached hydrogens (tertiary/aromatic N) is 1. The Morgan fingerprint density at radius 1 is 0.838 bits per heavy atom. The number of carbonyl (C=O) groups excluding carboxylic acids is 4. The molecule has 2 heterocycles. The summed E-state index contributed by atoms with van der Waals surface area (Å²) in [4.78, 5) is 52.7. The average molecular weight is 495 g/mol. The third-order valence-corrected chi connectivity index (χ3v) is 5.87. The molecule has 5 rings (SSSR count). The fourth-order valence-corrected chi connectivity index (χ4v) is 4.02. The number of rotatable bonds is 7. The molecule has 0 atom stereocenters. The number of hydrogen-bond acceptors (Lipinski definition) is 6. The van der Waals surface area contributed by atoms with Crippen LogP contribution in [0.1, 0.15) is 47.2 Å². The molecule has 9 heteroatoms. The molecule has 0 bridgehead atoms. The molecule has 3 aromatic carbocycles. The lowest BCUT2D eigenvalue weighted by molar-refractivity contribution is 0.0631. The van der Waals surface area contributed by atoms with Crippen LogP contribution in [0.2, 0.25) is 0 Å². The van der Waals surface area contributed by atoms with Crippen molar-refractivity contribution in [2.75, 3.05) is 17.7 Å². The van der Waals surface area contributed by atoms with Crippen molar-refractivity contribution in [1.82, 2.24) is 4.90 Å². The van der Waals surface area contributed by atoms with E-state index in [0.717, 1.165) is 4.90 Å². The molecule has 0 spiro atoms.